The van der Waals surface area contributed by atoms with E-state index in [9.17, 15) is 4.79 Å². The predicted octanol–water partition coefficient (Wildman–Crippen LogP) is 5.28. The molecule has 6 heteroatoms. The molecular formula is C26H41Cl2N3O. The number of nitrogens with one attached hydrogen (secondary N) is 1. The van der Waals surface area contributed by atoms with Crippen LogP contribution in [0.2, 0.25) is 0 Å². The lowest BCUT2D eigenvalue weighted by molar-refractivity contribution is -0.122. The van der Waals surface area contributed by atoms with Crippen LogP contribution in [0.3, 0.4) is 0 Å². The summed E-state index contributed by atoms with van der Waals surface area (Å²) >= 11 is 0. The maximum absolute atomic E-state index is 12.7. The van der Waals surface area contributed by atoms with Gasteiger partial charge in [-0.2, -0.15) is 0 Å². The number of piperidine rings is 1. The lowest BCUT2D eigenvalue weighted by atomic mass is 9.77. The zero-order valence-electron chi connectivity index (χ0n) is 19.9. The standard InChI is InChI=1S/C26H39N3O.2ClH/c1-4-28(5-2)20-25(30)27-21-26(3,16-19-29-17-9-6-10-18-29)24-15-11-13-22-12-7-8-14-23(22)24;;/h7-8,11-15H,4-6,9-10,16-21H2,1-3H3,(H,27,30);2*1H. The third-order valence-corrected chi connectivity index (χ3v) is 6.81. The molecule has 1 saturated heterocycles. The number of likely N-dealkylation sites (tertiary alicyclic amines) is 1. The van der Waals surface area contributed by atoms with Gasteiger partial charge < -0.3 is 10.2 Å². The minimum absolute atomic E-state index is 0. The molecule has 1 unspecified atom stereocenters. The van der Waals surface area contributed by atoms with Crippen molar-refractivity contribution in [3.63, 3.8) is 0 Å². The first-order valence-electron chi connectivity index (χ1n) is 11.8. The van der Waals surface area contributed by atoms with Gasteiger partial charge in [-0.3, -0.25) is 9.69 Å². The van der Waals surface area contributed by atoms with Gasteiger partial charge in [0.05, 0.1) is 6.54 Å². The Morgan fingerprint density at radius 2 is 1.66 bits per heavy atom. The largest absolute Gasteiger partial charge is 0.354 e. The Morgan fingerprint density at radius 1 is 1.00 bits per heavy atom. The summed E-state index contributed by atoms with van der Waals surface area (Å²) in [6.45, 7) is 13.0. The highest BCUT2D eigenvalue weighted by Gasteiger charge is 2.30. The number of carbonyl (C=O) groups excluding carboxylic acids is 1. The van der Waals surface area contributed by atoms with Crippen molar-refractivity contribution in [2.24, 2.45) is 0 Å². The van der Waals surface area contributed by atoms with Crippen LogP contribution in [-0.4, -0.2) is 61.5 Å². The van der Waals surface area contributed by atoms with Gasteiger partial charge in [0, 0.05) is 12.0 Å². The Balaban J connectivity index is 0.00000256. The second kappa shape index (κ2) is 14.0. The highest BCUT2D eigenvalue weighted by molar-refractivity contribution is 5.87. The molecule has 3 rings (SSSR count). The molecule has 1 aliphatic heterocycles. The van der Waals surface area contributed by atoms with Gasteiger partial charge in [0.15, 0.2) is 0 Å². The summed E-state index contributed by atoms with van der Waals surface area (Å²) in [5.41, 5.74) is 1.25. The molecule has 1 fully saturated rings. The molecule has 2 aromatic carbocycles. The molecule has 0 aliphatic carbocycles. The van der Waals surface area contributed by atoms with Crippen LogP contribution < -0.4 is 5.32 Å². The number of nitrogens with zero attached hydrogens (tertiary/aromatic N) is 2. The molecule has 0 radical (unpaired) electrons. The Bertz CT molecular complexity index is 816. The topological polar surface area (TPSA) is 35.6 Å². The Labute approximate surface area is 206 Å². The van der Waals surface area contributed by atoms with Gasteiger partial charge in [-0.25, -0.2) is 0 Å². The number of rotatable bonds is 10. The molecule has 0 aromatic heterocycles. The lowest BCUT2D eigenvalue weighted by Gasteiger charge is -2.35. The zero-order chi connectivity index (χ0) is 21.4. The smallest absolute Gasteiger partial charge is 0.234 e. The fraction of sp³-hybridized carbons (Fsp3) is 0.577. The fourth-order valence-electron chi connectivity index (χ4n) is 4.66. The highest BCUT2D eigenvalue weighted by Crippen LogP contribution is 2.33. The van der Waals surface area contributed by atoms with Gasteiger partial charge in [0.1, 0.15) is 0 Å². The minimum atomic E-state index is -0.1000. The number of hydrogen-bond donors (Lipinski definition) is 1. The van der Waals surface area contributed by atoms with Crippen LogP contribution in [-0.2, 0) is 10.2 Å². The highest BCUT2D eigenvalue weighted by atomic mass is 35.5. The number of hydrogen-bond acceptors (Lipinski definition) is 3. The van der Waals surface area contributed by atoms with Gasteiger partial charge in [-0.15, -0.1) is 24.8 Å². The van der Waals surface area contributed by atoms with Crippen molar-refractivity contribution < 1.29 is 4.79 Å². The van der Waals surface area contributed by atoms with E-state index >= 15 is 0 Å². The van der Waals surface area contributed by atoms with E-state index in [1.807, 2.05) is 0 Å². The van der Waals surface area contributed by atoms with Crippen molar-refractivity contribution in [1.82, 2.24) is 15.1 Å². The van der Waals surface area contributed by atoms with Crippen LogP contribution in [0.25, 0.3) is 10.8 Å². The first kappa shape index (κ1) is 28.7. The van der Waals surface area contributed by atoms with Crippen molar-refractivity contribution in [3.8, 4) is 0 Å². The molecule has 180 valence electrons. The van der Waals surface area contributed by atoms with E-state index in [0.717, 1.165) is 26.1 Å². The Hall–Kier alpha value is -1.33. The summed E-state index contributed by atoms with van der Waals surface area (Å²) in [6.07, 6.45) is 5.03. The van der Waals surface area contributed by atoms with Crippen molar-refractivity contribution >= 4 is 41.5 Å². The second-order valence-electron chi connectivity index (χ2n) is 8.98. The van der Waals surface area contributed by atoms with Crippen LogP contribution in [0.4, 0.5) is 0 Å². The summed E-state index contributed by atoms with van der Waals surface area (Å²) in [5.74, 6) is 0.128. The zero-order valence-corrected chi connectivity index (χ0v) is 21.6. The normalized spacial score (nSPS) is 16.1. The van der Waals surface area contributed by atoms with Gasteiger partial charge in [0.25, 0.3) is 0 Å². The van der Waals surface area contributed by atoms with Crippen molar-refractivity contribution in [2.75, 3.05) is 45.8 Å². The van der Waals surface area contributed by atoms with Crippen molar-refractivity contribution in [1.29, 1.82) is 0 Å². The molecule has 1 atom stereocenters. The number of amides is 1. The summed E-state index contributed by atoms with van der Waals surface area (Å²) in [6, 6.07) is 15.2. The SMILES string of the molecule is CCN(CC)CC(=O)NCC(C)(CCN1CCCCC1)c1cccc2ccccc12.Cl.Cl. The third kappa shape index (κ3) is 7.62. The molecule has 1 amide bonds. The Morgan fingerprint density at radius 3 is 2.34 bits per heavy atom. The van der Waals surface area contributed by atoms with Gasteiger partial charge in [0.2, 0.25) is 5.91 Å². The first-order valence-corrected chi connectivity index (χ1v) is 11.8. The van der Waals surface area contributed by atoms with Gasteiger partial charge >= 0.3 is 0 Å². The van der Waals surface area contributed by atoms with E-state index in [4.69, 9.17) is 0 Å². The molecule has 2 aromatic rings. The first-order chi connectivity index (χ1) is 14.6. The maximum atomic E-state index is 12.7. The summed E-state index contributed by atoms with van der Waals surface area (Å²) in [4.78, 5) is 17.4. The molecule has 4 nitrogen and oxygen atoms in total. The fourth-order valence-corrected chi connectivity index (χ4v) is 4.66. The molecule has 0 saturated carbocycles. The quantitative estimate of drug-likeness (QED) is 0.501. The van der Waals surface area contributed by atoms with E-state index in [1.54, 1.807) is 0 Å². The van der Waals surface area contributed by atoms with E-state index in [0.29, 0.717) is 13.1 Å². The minimum Gasteiger partial charge on any atom is -0.354 e. The van der Waals surface area contributed by atoms with Crippen LogP contribution in [0.15, 0.2) is 42.5 Å². The van der Waals surface area contributed by atoms with Crippen molar-refractivity contribution in [2.45, 2.75) is 51.9 Å². The number of fused-ring (bicyclic) bond motifs is 1. The number of benzene rings is 2. The summed E-state index contributed by atoms with van der Waals surface area (Å²) in [5, 5.41) is 5.85. The number of carbonyl (C=O) groups is 1. The molecule has 0 bridgehead atoms. The third-order valence-electron chi connectivity index (χ3n) is 6.81. The van der Waals surface area contributed by atoms with E-state index in [2.05, 4.69) is 78.4 Å². The van der Waals surface area contributed by atoms with Crippen LogP contribution in [0.5, 0.6) is 0 Å². The molecule has 1 heterocycles. The molecule has 1 aliphatic rings. The van der Waals surface area contributed by atoms with Crippen LogP contribution >= 0.6 is 24.8 Å². The average molecular weight is 483 g/mol. The van der Waals surface area contributed by atoms with Crippen LogP contribution in [0.1, 0.15) is 52.0 Å². The summed E-state index contributed by atoms with van der Waals surface area (Å²) in [7, 11) is 0. The van der Waals surface area contributed by atoms with Gasteiger partial charge in [-0.1, -0.05) is 69.7 Å². The van der Waals surface area contributed by atoms with E-state index in [-0.39, 0.29) is 36.1 Å². The lowest BCUT2D eigenvalue weighted by Crippen LogP contribution is -2.45. The average Bonchev–Trinajstić information content (AvgIpc) is 2.80. The van der Waals surface area contributed by atoms with Crippen molar-refractivity contribution in [3.05, 3.63) is 48.0 Å². The number of halogens is 2. The second-order valence-corrected chi connectivity index (χ2v) is 8.98. The molecule has 1 N–H and O–H groups in total. The summed E-state index contributed by atoms with van der Waals surface area (Å²) < 4.78 is 0. The van der Waals surface area contributed by atoms with E-state index < -0.39 is 0 Å². The molecular weight excluding hydrogens is 441 g/mol. The predicted molar refractivity (Wildman–Crippen MR) is 142 cm³/mol. The Kier molecular flexibility index (Phi) is 12.6. The van der Waals surface area contributed by atoms with Crippen LogP contribution in [0, 0.1) is 0 Å². The van der Waals surface area contributed by atoms with E-state index in [1.165, 1.54) is 48.7 Å². The maximum Gasteiger partial charge on any atom is 0.234 e. The number of likely N-dealkylation sites (N-methyl/N-ethyl adjacent to an activating group) is 1. The molecule has 32 heavy (non-hydrogen) atoms. The van der Waals surface area contributed by atoms with Gasteiger partial charge in [-0.05, 0) is 68.3 Å². The molecule has 0 spiro atoms. The monoisotopic (exact) mass is 481 g/mol.